The maximum Gasteiger partial charge on any atom is 0.176 e. The Labute approximate surface area is 114 Å². The molecule has 4 N–H and O–H groups in total. The second-order valence-corrected chi connectivity index (χ2v) is 5.00. The maximum atomic E-state index is 10.0. The molecule has 9 heteroatoms. The van der Waals surface area contributed by atoms with Gasteiger partial charge in [0.05, 0.1) is 12.9 Å². The van der Waals surface area contributed by atoms with E-state index in [1.54, 1.807) is 6.92 Å². The highest BCUT2D eigenvalue weighted by Gasteiger charge is 2.52. The molecule has 1 saturated heterocycles. The predicted molar refractivity (Wildman–Crippen MR) is 70.2 cm³/mol. The Balaban J connectivity index is 1.90. The van der Waals surface area contributed by atoms with Crippen LogP contribution >= 0.6 is 0 Å². The molecule has 0 radical (unpaired) electrons. The van der Waals surface area contributed by atoms with Gasteiger partial charge in [0.25, 0.3) is 0 Å². The van der Waals surface area contributed by atoms with Crippen molar-refractivity contribution < 1.29 is 20.1 Å². The molecule has 1 unspecified atom stereocenters. The van der Waals surface area contributed by atoms with E-state index in [0.29, 0.717) is 5.84 Å². The van der Waals surface area contributed by atoms with Crippen LogP contribution in [0.4, 0.5) is 0 Å². The van der Waals surface area contributed by atoms with Crippen LogP contribution in [-0.2, 0) is 4.74 Å². The number of nitrogens with zero attached hydrogens (tertiary/aromatic N) is 4. The predicted octanol–water partition coefficient (Wildman–Crippen LogP) is -2.05. The minimum absolute atomic E-state index is 0.0352. The van der Waals surface area contributed by atoms with Crippen LogP contribution in [0.25, 0.3) is 0 Å². The molecule has 108 valence electrons. The van der Waals surface area contributed by atoms with Gasteiger partial charge in [0.1, 0.15) is 30.5 Å². The Morgan fingerprint density at radius 3 is 2.85 bits per heavy atom. The molecule has 1 fully saturated rings. The molecular weight excluding hydrogens is 266 g/mol. The number of ether oxygens (including phenoxy) is 1. The van der Waals surface area contributed by atoms with E-state index in [1.165, 1.54) is 17.6 Å². The Morgan fingerprint density at radius 2 is 2.20 bits per heavy atom. The molecule has 0 aromatic heterocycles. The molecule has 3 aliphatic rings. The van der Waals surface area contributed by atoms with E-state index in [4.69, 9.17) is 15.3 Å². The Morgan fingerprint density at radius 1 is 1.45 bits per heavy atom. The van der Waals surface area contributed by atoms with Gasteiger partial charge in [0.15, 0.2) is 17.6 Å². The van der Waals surface area contributed by atoms with Gasteiger partial charge in [-0.05, 0) is 6.92 Å². The van der Waals surface area contributed by atoms with Crippen molar-refractivity contribution in [1.29, 1.82) is 5.41 Å². The highest BCUT2D eigenvalue weighted by atomic mass is 16.6. The van der Waals surface area contributed by atoms with E-state index in [9.17, 15) is 10.2 Å². The van der Waals surface area contributed by atoms with Gasteiger partial charge < -0.3 is 20.1 Å². The highest BCUT2D eigenvalue weighted by molar-refractivity contribution is 6.23. The Hall–Kier alpha value is -1.68. The van der Waals surface area contributed by atoms with Crippen molar-refractivity contribution in [2.75, 3.05) is 6.61 Å². The van der Waals surface area contributed by atoms with Crippen LogP contribution in [0.3, 0.4) is 0 Å². The zero-order chi connectivity index (χ0) is 14.5. The second-order valence-electron chi connectivity index (χ2n) is 5.00. The first-order valence-electron chi connectivity index (χ1n) is 6.15. The minimum Gasteiger partial charge on any atom is -0.394 e. The largest absolute Gasteiger partial charge is 0.394 e. The molecule has 3 heterocycles. The number of nitrogens with one attached hydrogen (secondary N) is 1. The fourth-order valence-electron chi connectivity index (χ4n) is 2.46. The van der Waals surface area contributed by atoms with Crippen molar-refractivity contribution in [1.82, 2.24) is 4.90 Å². The number of aliphatic imine (C=N–C) groups is 3. The highest BCUT2D eigenvalue weighted by Crippen LogP contribution is 2.31. The average molecular weight is 281 g/mol. The van der Waals surface area contributed by atoms with Crippen LogP contribution in [0, 0.1) is 5.41 Å². The molecule has 3 rings (SSSR count). The first kappa shape index (κ1) is 13.3. The van der Waals surface area contributed by atoms with Crippen molar-refractivity contribution in [3.05, 3.63) is 0 Å². The Bertz CT molecular complexity index is 533. The van der Waals surface area contributed by atoms with Crippen molar-refractivity contribution >= 4 is 24.3 Å². The first-order valence-corrected chi connectivity index (χ1v) is 6.15. The van der Waals surface area contributed by atoms with Crippen LogP contribution in [0.1, 0.15) is 6.92 Å². The quantitative estimate of drug-likeness (QED) is 0.462. The molecule has 0 aromatic carbocycles. The van der Waals surface area contributed by atoms with Gasteiger partial charge in [-0.1, -0.05) is 0 Å². The van der Waals surface area contributed by atoms with E-state index in [0.717, 1.165) is 0 Å². The molecule has 0 saturated carbocycles. The molecule has 0 spiro atoms. The minimum atomic E-state index is -1.21. The number of amidine groups is 2. The fraction of sp³-hybridized carbons (Fsp3) is 0.636. The molecular formula is C11H15N5O4. The van der Waals surface area contributed by atoms with Crippen molar-refractivity contribution in [2.45, 2.75) is 37.0 Å². The average Bonchev–Trinajstić information content (AvgIpc) is 2.91. The zero-order valence-corrected chi connectivity index (χ0v) is 10.7. The number of hydrogen-bond donors (Lipinski definition) is 4. The number of aliphatic hydroxyl groups is 3. The number of aliphatic hydroxyl groups excluding tert-OH is 3. The molecule has 0 aromatic rings. The lowest BCUT2D eigenvalue weighted by molar-refractivity contribution is -0.0511. The van der Waals surface area contributed by atoms with Crippen LogP contribution in [0.5, 0.6) is 0 Å². The molecule has 5 atom stereocenters. The third-order valence-corrected chi connectivity index (χ3v) is 3.74. The number of rotatable bonds is 2. The number of fused-ring (bicyclic) bond motifs is 1. The van der Waals surface area contributed by atoms with Gasteiger partial charge in [0.2, 0.25) is 0 Å². The smallest absolute Gasteiger partial charge is 0.176 e. The molecule has 0 amide bonds. The summed E-state index contributed by atoms with van der Waals surface area (Å²) >= 11 is 0. The third kappa shape index (κ3) is 1.64. The van der Waals surface area contributed by atoms with Gasteiger partial charge in [-0.15, -0.1) is 0 Å². The van der Waals surface area contributed by atoms with Crippen LogP contribution in [0.2, 0.25) is 0 Å². The third-order valence-electron chi connectivity index (χ3n) is 3.74. The topological polar surface area (TPSA) is 134 Å². The van der Waals surface area contributed by atoms with E-state index in [2.05, 4.69) is 15.0 Å². The van der Waals surface area contributed by atoms with Crippen LogP contribution < -0.4 is 0 Å². The van der Waals surface area contributed by atoms with Crippen molar-refractivity contribution in [3.63, 3.8) is 0 Å². The second kappa shape index (κ2) is 4.42. The van der Waals surface area contributed by atoms with Gasteiger partial charge in [-0.3, -0.25) is 15.3 Å². The summed E-state index contributed by atoms with van der Waals surface area (Å²) in [5.41, 5.74) is -1.01. The fourth-order valence-corrected chi connectivity index (χ4v) is 2.46. The lowest BCUT2D eigenvalue weighted by Gasteiger charge is -2.31. The molecule has 0 aliphatic carbocycles. The van der Waals surface area contributed by atoms with E-state index >= 15 is 0 Å². The van der Waals surface area contributed by atoms with Gasteiger partial charge in [-0.25, -0.2) is 9.98 Å². The maximum absolute atomic E-state index is 10.0. The van der Waals surface area contributed by atoms with Crippen molar-refractivity contribution in [3.8, 4) is 0 Å². The summed E-state index contributed by atoms with van der Waals surface area (Å²) < 4.78 is 5.44. The first-order chi connectivity index (χ1) is 9.49. The van der Waals surface area contributed by atoms with Gasteiger partial charge >= 0.3 is 0 Å². The Kier molecular flexibility index (Phi) is 2.94. The normalized spacial score (nSPS) is 43.1. The van der Waals surface area contributed by atoms with Crippen LogP contribution in [-0.4, -0.2) is 81.3 Å². The SMILES string of the molecule is CC12N=CN([C@@H]3O[C@H](CO)[C@@H](O)[C@H]3O)C1=NC=NC2=N. The summed E-state index contributed by atoms with van der Waals surface area (Å²) in [6.07, 6.45) is -1.54. The molecule has 0 bridgehead atoms. The summed E-state index contributed by atoms with van der Waals surface area (Å²) in [7, 11) is 0. The summed E-state index contributed by atoms with van der Waals surface area (Å²) in [6.45, 7) is 1.28. The molecule has 9 nitrogen and oxygen atoms in total. The number of hydrogen-bond acceptors (Lipinski definition) is 8. The van der Waals surface area contributed by atoms with E-state index in [1.807, 2.05) is 0 Å². The summed E-state index contributed by atoms with van der Waals surface area (Å²) in [5.74, 6) is 0.431. The van der Waals surface area contributed by atoms with E-state index < -0.39 is 36.7 Å². The lowest BCUT2D eigenvalue weighted by Crippen LogP contribution is -2.52. The van der Waals surface area contributed by atoms with Crippen molar-refractivity contribution in [2.24, 2.45) is 15.0 Å². The summed E-state index contributed by atoms with van der Waals surface area (Å²) in [6, 6.07) is 0. The summed E-state index contributed by atoms with van der Waals surface area (Å²) in [4.78, 5) is 13.6. The lowest BCUT2D eigenvalue weighted by atomic mass is 9.99. The van der Waals surface area contributed by atoms with Gasteiger partial charge in [0, 0.05) is 0 Å². The van der Waals surface area contributed by atoms with Crippen LogP contribution in [0.15, 0.2) is 15.0 Å². The monoisotopic (exact) mass is 281 g/mol. The zero-order valence-electron chi connectivity index (χ0n) is 10.7. The summed E-state index contributed by atoms with van der Waals surface area (Å²) in [5, 5.41) is 36.7. The molecule has 20 heavy (non-hydrogen) atoms. The van der Waals surface area contributed by atoms with E-state index in [-0.39, 0.29) is 5.84 Å². The molecule has 3 aliphatic heterocycles. The standard InChI is InChI=1S/C11H15N5O4/c1-11-9(12)13-3-14-10(11)16(4-15-11)8-7(19)6(18)5(2-17)20-8/h3-8,12,17-19H,2H2,1H3/t5-,6-,7-,8-,11?/m1/s1. The van der Waals surface area contributed by atoms with Gasteiger partial charge in [-0.2, -0.15) is 0 Å².